The molecule has 160 valence electrons. The average molecular weight is 411 g/mol. The van der Waals surface area contributed by atoms with Crippen molar-refractivity contribution in [2.45, 2.75) is 52.5 Å². The Morgan fingerprint density at radius 1 is 1.20 bits per heavy atom. The van der Waals surface area contributed by atoms with Crippen molar-refractivity contribution in [2.75, 3.05) is 20.8 Å². The molecule has 1 fully saturated rings. The summed E-state index contributed by atoms with van der Waals surface area (Å²) in [6, 6.07) is 5.61. The van der Waals surface area contributed by atoms with Crippen molar-refractivity contribution in [3.63, 3.8) is 0 Å². The van der Waals surface area contributed by atoms with E-state index in [1.54, 1.807) is 14.2 Å². The van der Waals surface area contributed by atoms with Crippen LogP contribution in [-0.2, 0) is 6.42 Å². The van der Waals surface area contributed by atoms with Crippen molar-refractivity contribution >= 4 is 11.7 Å². The van der Waals surface area contributed by atoms with Crippen molar-refractivity contribution < 1.29 is 19.1 Å². The highest BCUT2D eigenvalue weighted by Crippen LogP contribution is 2.41. The van der Waals surface area contributed by atoms with E-state index in [1.807, 2.05) is 30.0 Å². The molecule has 1 saturated heterocycles. The second-order valence-corrected chi connectivity index (χ2v) is 9.18. The molecule has 1 atom stereocenters. The van der Waals surface area contributed by atoms with Gasteiger partial charge in [-0.3, -0.25) is 9.59 Å². The van der Waals surface area contributed by atoms with Gasteiger partial charge < -0.3 is 19.4 Å². The van der Waals surface area contributed by atoms with Crippen molar-refractivity contribution in [1.82, 2.24) is 9.88 Å². The Balaban J connectivity index is 1.70. The highest BCUT2D eigenvalue weighted by atomic mass is 16.5. The van der Waals surface area contributed by atoms with E-state index in [0.29, 0.717) is 24.2 Å². The summed E-state index contributed by atoms with van der Waals surface area (Å²) in [5.41, 5.74) is 3.79. The van der Waals surface area contributed by atoms with Crippen LogP contribution in [0.3, 0.4) is 0 Å². The number of hydrogen-bond donors (Lipinski definition) is 1. The lowest BCUT2D eigenvalue weighted by molar-refractivity contribution is 0.0727. The second kappa shape index (κ2) is 7.49. The molecule has 1 unspecified atom stereocenters. The summed E-state index contributed by atoms with van der Waals surface area (Å²) in [6.45, 7) is 6.75. The summed E-state index contributed by atoms with van der Waals surface area (Å²) in [7, 11) is 3.28. The molecule has 1 N–H and O–H groups in total. The summed E-state index contributed by atoms with van der Waals surface area (Å²) < 4.78 is 11.0. The topological polar surface area (TPSA) is 71.6 Å². The van der Waals surface area contributed by atoms with Crippen molar-refractivity contribution in [3.05, 3.63) is 46.3 Å². The number of fused-ring (bicyclic) bond motifs is 1. The molecule has 2 aliphatic rings. The van der Waals surface area contributed by atoms with E-state index in [-0.39, 0.29) is 23.1 Å². The fourth-order valence-corrected chi connectivity index (χ4v) is 5.02. The maximum absolute atomic E-state index is 13.6. The first-order valence-corrected chi connectivity index (χ1v) is 10.5. The Morgan fingerprint density at radius 2 is 1.97 bits per heavy atom. The first kappa shape index (κ1) is 20.5. The van der Waals surface area contributed by atoms with Crippen molar-refractivity contribution in [2.24, 2.45) is 5.41 Å². The monoisotopic (exact) mass is 410 g/mol. The predicted molar refractivity (Wildman–Crippen MR) is 115 cm³/mol. The Hall–Kier alpha value is -2.76. The number of amides is 1. The zero-order chi connectivity index (χ0) is 21.6. The molecule has 1 amide bonds. The number of ether oxygens (including phenoxy) is 2. The first-order valence-electron chi connectivity index (χ1n) is 10.5. The van der Waals surface area contributed by atoms with Crippen LogP contribution < -0.4 is 9.47 Å². The van der Waals surface area contributed by atoms with Gasteiger partial charge in [-0.1, -0.05) is 13.8 Å². The van der Waals surface area contributed by atoms with E-state index in [2.05, 4.69) is 18.8 Å². The third-order valence-electron chi connectivity index (χ3n) is 6.42. The fraction of sp³-hybridized carbons (Fsp3) is 0.500. The standard InChI is InChI=1S/C24H30N2O4/c1-14-21-17(12-24(2,3)13-19(21)27)25-22(14)23(28)26-10-6-7-18(26)16-11-15(29-4)8-9-20(16)30-5/h8-9,11,18,25H,6-7,10,12-13H2,1-5H3. The minimum Gasteiger partial charge on any atom is -0.497 e. The molecule has 4 rings (SSSR count). The largest absolute Gasteiger partial charge is 0.497 e. The Morgan fingerprint density at radius 3 is 2.67 bits per heavy atom. The zero-order valence-electron chi connectivity index (χ0n) is 18.4. The molecular formula is C24H30N2O4. The highest BCUT2D eigenvalue weighted by Gasteiger charge is 2.38. The number of methoxy groups -OCH3 is 2. The lowest BCUT2D eigenvalue weighted by Crippen LogP contribution is -2.31. The number of aromatic amines is 1. The van der Waals surface area contributed by atoms with Crippen LogP contribution in [0.2, 0.25) is 0 Å². The number of nitrogens with zero attached hydrogens (tertiary/aromatic N) is 1. The van der Waals surface area contributed by atoms with Gasteiger partial charge in [0.25, 0.3) is 5.91 Å². The minimum atomic E-state index is -0.0914. The maximum Gasteiger partial charge on any atom is 0.271 e. The number of likely N-dealkylation sites (tertiary alicyclic amines) is 1. The van der Waals surface area contributed by atoms with Gasteiger partial charge in [0, 0.05) is 29.8 Å². The number of hydrogen-bond acceptors (Lipinski definition) is 4. The molecule has 0 radical (unpaired) electrons. The summed E-state index contributed by atoms with van der Waals surface area (Å²) in [5, 5.41) is 0. The van der Waals surface area contributed by atoms with Gasteiger partial charge in [0.2, 0.25) is 0 Å². The number of rotatable bonds is 4. The van der Waals surface area contributed by atoms with Crippen molar-refractivity contribution in [3.8, 4) is 11.5 Å². The summed E-state index contributed by atoms with van der Waals surface area (Å²) in [4.78, 5) is 31.6. The van der Waals surface area contributed by atoms with Gasteiger partial charge in [-0.15, -0.1) is 0 Å². The molecule has 30 heavy (non-hydrogen) atoms. The lowest BCUT2D eigenvalue weighted by atomic mass is 9.75. The number of carbonyl (C=O) groups excluding carboxylic acids is 2. The number of ketones is 1. The van der Waals surface area contributed by atoms with E-state index < -0.39 is 0 Å². The van der Waals surface area contributed by atoms with E-state index in [0.717, 1.165) is 47.6 Å². The minimum absolute atomic E-state index is 0.0557. The number of nitrogens with one attached hydrogen (secondary N) is 1. The van der Waals surface area contributed by atoms with Gasteiger partial charge in [-0.05, 0) is 55.4 Å². The molecular weight excluding hydrogens is 380 g/mol. The number of carbonyl (C=O) groups is 2. The highest BCUT2D eigenvalue weighted by molar-refractivity contribution is 6.04. The molecule has 2 aromatic rings. The molecule has 6 nitrogen and oxygen atoms in total. The molecule has 1 aromatic heterocycles. The van der Waals surface area contributed by atoms with Crippen LogP contribution in [0, 0.1) is 12.3 Å². The van der Waals surface area contributed by atoms with Crippen LogP contribution in [0.4, 0.5) is 0 Å². The Labute approximate surface area is 177 Å². The zero-order valence-corrected chi connectivity index (χ0v) is 18.4. The molecule has 1 aliphatic heterocycles. The Bertz CT molecular complexity index is 1000. The van der Waals surface area contributed by atoms with Gasteiger partial charge in [0.15, 0.2) is 5.78 Å². The van der Waals surface area contributed by atoms with Gasteiger partial charge in [-0.25, -0.2) is 0 Å². The van der Waals surface area contributed by atoms with Gasteiger partial charge in [-0.2, -0.15) is 0 Å². The van der Waals surface area contributed by atoms with Crippen molar-refractivity contribution in [1.29, 1.82) is 0 Å². The number of Topliss-reactive ketones (excluding diaryl/α,β-unsaturated/α-hetero) is 1. The SMILES string of the molecule is COc1ccc(OC)c(C2CCCN2C(=O)c2[nH]c3c(c2C)C(=O)CC(C)(C)C3)c1. The molecule has 2 heterocycles. The summed E-state index contributed by atoms with van der Waals surface area (Å²) >= 11 is 0. The van der Waals surface area contributed by atoms with E-state index in [1.165, 1.54) is 0 Å². The van der Waals surface area contributed by atoms with Crippen LogP contribution in [0.1, 0.15) is 76.8 Å². The van der Waals surface area contributed by atoms with Crippen LogP contribution in [0.25, 0.3) is 0 Å². The normalized spacial score (nSPS) is 20.2. The molecule has 6 heteroatoms. The molecule has 0 bridgehead atoms. The van der Waals surface area contributed by atoms with Gasteiger partial charge >= 0.3 is 0 Å². The Kier molecular flexibility index (Phi) is 5.12. The number of benzene rings is 1. The molecule has 1 aromatic carbocycles. The van der Waals surface area contributed by atoms with Crippen LogP contribution >= 0.6 is 0 Å². The quantitative estimate of drug-likeness (QED) is 0.807. The third kappa shape index (κ3) is 3.38. The number of aromatic nitrogens is 1. The lowest BCUT2D eigenvalue weighted by Gasteiger charge is -2.28. The summed E-state index contributed by atoms with van der Waals surface area (Å²) in [5.74, 6) is 1.56. The van der Waals surface area contributed by atoms with Gasteiger partial charge in [0.05, 0.1) is 20.3 Å². The smallest absolute Gasteiger partial charge is 0.271 e. The molecule has 0 saturated carbocycles. The molecule has 0 spiro atoms. The van der Waals surface area contributed by atoms with Crippen LogP contribution in [0.15, 0.2) is 18.2 Å². The fourth-order valence-electron chi connectivity index (χ4n) is 5.02. The maximum atomic E-state index is 13.6. The van der Waals surface area contributed by atoms with Crippen LogP contribution in [0.5, 0.6) is 11.5 Å². The molecule has 1 aliphatic carbocycles. The van der Waals surface area contributed by atoms with Gasteiger partial charge in [0.1, 0.15) is 17.2 Å². The average Bonchev–Trinajstić information content (AvgIpc) is 3.30. The predicted octanol–water partition coefficient (Wildman–Crippen LogP) is 4.47. The van der Waals surface area contributed by atoms with E-state index in [9.17, 15) is 9.59 Å². The van der Waals surface area contributed by atoms with E-state index >= 15 is 0 Å². The van der Waals surface area contributed by atoms with Crippen LogP contribution in [-0.4, -0.2) is 42.3 Å². The summed E-state index contributed by atoms with van der Waals surface area (Å²) in [6.07, 6.45) is 3.07. The number of H-pyrrole nitrogens is 1. The second-order valence-electron chi connectivity index (χ2n) is 9.18. The first-order chi connectivity index (χ1) is 14.3. The third-order valence-corrected chi connectivity index (χ3v) is 6.42. The van der Waals surface area contributed by atoms with E-state index in [4.69, 9.17) is 9.47 Å².